The molecule has 1 aromatic heterocycles. The van der Waals surface area contributed by atoms with Crippen LogP contribution >= 0.6 is 0 Å². The Morgan fingerprint density at radius 3 is 2.80 bits per heavy atom. The van der Waals surface area contributed by atoms with Crippen molar-refractivity contribution in [3.8, 4) is 11.5 Å². The zero-order valence-corrected chi connectivity index (χ0v) is 11.6. The Morgan fingerprint density at radius 1 is 1.30 bits per heavy atom. The number of aryl methyl sites for hydroxylation is 1. The van der Waals surface area contributed by atoms with Crippen LogP contribution in [0.25, 0.3) is 11.5 Å². The fraction of sp³-hybridized carbons (Fsp3) is 0.357. The van der Waals surface area contributed by atoms with Gasteiger partial charge in [0.1, 0.15) is 0 Å². The molecule has 0 unspecified atom stereocenters. The molecule has 0 aliphatic carbocycles. The second-order valence-electron chi connectivity index (χ2n) is 4.32. The van der Waals surface area contributed by atoms with E-state index in [9.17, 15) is 4.79 Å². The first-order valence-corrected chi connectivity index (χ1v) is 6.60. The maximum Gasteiger partial charge on any atom is 0.249 e. The van der Waals surface area contributed by atoms with Crippen LogP contribution in [0.4, 0.5) is 5.69 Å². The minimum absolute atomic E-state index is 0.0466. The maximum absolute atomic E-state index is 11.9. The van der Waals surface area contributed by atoms with Crippen molar-refractivity contribution in [1.29, 1.82) is 0 Å². The third kappa shape index (κ3) is 3.64. The lowest BCUT2D eigenvalue weighted by molar-refractivity contribution is -0.116. The van der Waals surface area contributed by atoms with Crippen LogP contribution in [0, 0.1) is 6.92 Å². The predicted molar refractivity (Wildman–Crippen MR) is 76.3 cm³/mol. The maximum atomic E-state index is 11.9. The molecule has 0 radical (unpaired) electrons. The van der Waals surface area contributed by atoms with E-state index in [0.717, 1.165) is 12.1 Å². The molecule has 0 bridgehead atoms. The minimum Gasteiger partial charge on any atom is -0.421 e. The number of hydrogen-bond acceptors (Lipinski definition) is 5. The van der Waals surface area contributed by atoms with Crippen molar-refractivity contribution in [3.63, 3.8) is 0 Å². The molecular weight excluding hydrogens is 256 g/mol. The van der Waals surface area contributed by atoms with Gasteiger partial charge in [0.15, 0.2) is 0 Å². The summed E-state index contributed by atoms with van der Waals surface area (Å²) in [5.41, 5.74) is 1.41. The fourth-order valence-corrected chi connectivity index (χ4v) is 1.78. The number of anilines is 1. The highest BCUT2D eigenvalue weighted by atomic mass is 16.4. The smallest absolute Gasteiger partial charge is 0.249 e. The molecule has 0 saturated heterocycles. The molecule has 0 spiro atoms. The van der Waals surface area contributed by atoms with E-state index in [1.54, 1.807) is 6.92 Å². The molecule has 2 N–H and O–H groups in total. The Bertz CT molecular complexity index is 580. The van der Waals surface area contributed by atoms with Crippen LogP contribution in [-0.2, 0) is 4.79 Å². The van der Waals surface area contributed by atoms with E-state index in [1.807, 2.05) is 31.2 Å². The third-order valence-corrected chi connectivity index (χ3v) is 2.74. The van der Waals surface area contributed by atoms with E-state index < -0.39 is 0 Å². The summed E-state index contributed by atoms with van der Waals surface area (Å²) in [6.07, 6.45) is 0.422. The number of nitrogens with zero attached hydrogens (tertiary/aromatic N) is 2. The molecule has 0 fully saturated rings. The van der Waals surface area contributed by atoms with Crippen LogP contribution in [0.2, 0.25) is 0 Å². The normalized spacial score (nSPS) is 10.5. The molecule has 2 rings (SSSR count). The predicted octanol–water partition coefficient (Wildman–Crippen LogP) is 1.98. The topological polar surface area (TPSA) is 80.0 Å². The third-order valence-electron chi connectivity index (χ3n) is 2.74. The van der Waals surface area contributed by atoms with Crippen LogP contribution in [0.15, 0.2) is 28.7 Å². The highest BCUT2D eigenvalue weighted by Crippen LogP contribution is 2.26. The first-order chi connectivity index (χ1) is 9.70. The number of rotatable bonds is 6. The first kappa shape index (κ1) is 14.2. The van der Waals surface area contributed by atoms with E-state index in [1.165, 1.54) is 0 Å². The Balaban J connectivity index is 2.10. The van der Waals surface area contributed by atoms with Crippen LogP contribution in [0.3, 0.4) is 0 Å². The van der Waals surface area contributed by atoms with Crippen molar-refractivity contribution in [2.75, 3.05) is 18.4 Å². The van der Waals surface area contributed by atoms with Crippen molar-refractivity contribution >= 4 is 11.6 Å². The number of para-hydroxylation sites is 1. The summed E-state index contributed by atoms with van der Waals surface area (Å²) in [7, 11) is 0. The number of amides is 1. The van der Waals surface area contributed by atoms with Gasteiger partial charge >= 0.3 is 0 Å². The van der Waals surface area contributed by atoms with Crippen molar-refractivity contribution < 1.29 is 9.21 Å². The summed E-state index contributed by atoms with van der Waals surface area (Å²) in [6.45, 7) is 5.24. The van der Waals surface area contributed by atoms with Gasteiger partial charge in [-0.3, -0.25) is 4.79 Å². The number of aromatic nitrogens is 2. The van der Waals surface area contributed by atoms with E-state index in [4.69, 9.17) is 4.42 Å². The summed E-state index contributed by atoms with van der Waals surface area (Å²) in [5, 5.41) is 13.8. The van der Waals surface area contributed by atoms with E-state index in [2.05, 4.69) is 20.8 Å². The second-order valence-corrected chi connectivity index (χ2v) is 4.32. The Labute approximate surface area is 117 Å². The van der Waals surface area contributed by atoms with Gasteiger partial charge in [0.25, 0.3) is 0 Å². The Kier molecular flexibility index (Phi) is 4.84. The number of hydrogen-bond donors (Lipinski definition) is 2. The van der Waals surface area contributed by atoms with Gasteiger partial charge in [-0.15, -0.1) is 10.2 Å². The zero-order chi connectivity index (χ0) is 14.4. The van der Waals surface area contributed by atoms with Crippen LogP contribution < -0.4 is 10.6 Å². The molecule has 0 aliphatic heterocycles. The number of benzene rings is 1. The van der Waals surface area contributed by atoms with Crippen LogP contribution in [0.5, 0.6) is 0 Å². The molecule has 6 nitrogen and oxygen atoms in total. The average molecular weight is 274 g/mol. The van der Waals surface area contributed by atoms with Gasteiger partial charge in [-0.25, -0.2) is 0 Å². The molecule has 6 heteroatoms. The SMILES string of the molecule is CCNCCC(=O)Nc1ccccc1-c1nnc(C)o1. The lowest BCUT2D eigenvalue weighted by Crippen LogP contribution is -2.21. The lowest BCUT2D eigenvalue weighted by atomic mass is 10.1. The fourth-order valence-electron chi connectivity index (χ4n) is 1.78. The average Bonchev–Trinajstić information content (AvgIpc) is 2.86. The van der Waals surface area contributed by atoms with Gasteiger partial charge in [0, 0.05) is 19.9 Å². The largest absolute Gasteiger partial charge is 0.421 e. The molecule has 20 heavy (non-hydrogen) atoms. The monoisotopic (exact) mass is 274 g/mol. The summed E-state index contributed by atoms with van der Waals surface area (Å²) in [5.74, 6) is 0.855. The van der Waals surface area contributed by atoms with Gasteiger partial charge in [-0.2, -0.15) is 0 Å². The standard InChI is InChI=1S/C14H18N4O2/c1-3-15-9-8-13(19)16-12-7-5-4-6-11(12)14-18-17-10(2)20-14/h4-7,15H,3,8-9H2,1-2H3,(H,16,19). The summed E-state index contributed by atoms with van der Waals surface area (Å²) in [4.78, 5) is 11.9. The molecular formula is C14H18N4O2. The first-order valence-electron chi connectivity index (χ1n) is 6.60. The van der Waals surface area contributed by atoms with Gasteiger partial charge in [0.05, 0.1) is 11.3 Å². The highest BCUT2D eigenvalue weighted by Gasteiger charge is 2.12. The van der Waals surface area contributed by atoms with E-state index in [-0.39, 0.29) is 5.91 Å². The molecule has 0 saturated carbocycles. The van der Waals surface area contributed by atoms with E-state index >= 15 is 0 Å². The summed E-state index contributed by atoms with van der Waals surface area (Å²) in [6, 6.07) is 7.38. The zero-order valence-electron chi connectivity index (χ0n) is 11.6. The van der Waals surface area contributed by atoms with Gasteiger partial charge < -0.3 is 15.1 Å². The molecule has 1 amide bonds. The number of carbonyl (C=O) groups excluding carboxylic acids is 1. The van der Waals surface area contributed by atoms with Gasteiger partial charge in [0.2, 0.25) is 17.7 Å². The second kappa shape index (κ2) is 6.81. The Hall–Kier alpha value is -2.21. The molecule has 2 aromatic rings. The highest BCUT2D eigenvalue weighted by molar-refractivity contribution is 5.94. The number of carbonyl (C=O) groups is 1. The Morgan fingerprint density at radius 2 is 2.10 bits per heavy atom. The molecule has 106 valence electrons. The van der Waals surface area contributed by atoms with E-state index in [0.29, 0.717) is 30.4 Å². The quantitative estimate of drug-likeness (QED) is 0.787. The van der Waals surface area contributed by atoms with Crippen LogP contribution in [0.1, 0.15) is 19.2 Å². The molecule has 1 heterocycles. The lowest BCUT2D eigenvalue weighted by Gasteiger charge is -2.08. The minimum atomic E-state index is -0.0466. The van der Waals surface area contributed by atoms with Crippen LogP contribution in [-0.4, -0.2) is 29.2 Å². The summed E-state index contributed by atoms with van der Waals surface area (Å²) < 4.78 is 5.40. The molecule has 1 aromatic carbocycles. The number of nitrogens with one attached hydrogen (secondary N) is 2. The van der Waals surface area contributed by atoms with Gasteiger partial charge in [-0.05, 0) is 18.7 Å². The summed E-state index contributed by atoms with van der Waals surface area (Å²) >= 11 is 0. The van der Waals surface area contributed by atoms with Crippen molar-refractivity contribution in [1.82, 2.24) is 15.5 Å². The molecule has 0 aliphatic rings. The van der Waals surface area contributed by atoms with Gasteiger partial charge in [-0.1, -0.05) is 19.1 Å². The van der Waals surface area contributed by atoms with Crippen molar-refractivity contribution in [3.05, 3.63) is 30.2 Å². The molecule has 0 atom stereocenters. The van der Waals surface area contributed by atoms with Crippen molar-refractivity contribution in [2.24, 2.45) is 0 Å². The van der Waals surface area contributed by atoms with Crippen molar-refractivity contribution in [2.45, 2.75) is 20.3 Å².